The van der Waals surface area contributed by atoms with Crippen molar-refractivity contribution in [1.82, 2.24) is 0 Å². The minimum absolute atomic E-state index is 0.518. The monoisotopic (exact) mass is 251 g/mol. The minimum Gasteiger partial charge on any atom is -0.460 e. The van der Waals surface area contributed by atoms with Gasteiger partial charge in [0.25, 0.3) is 10.1 Å². The summed E-state index contributed by atoms with van der Waals surface area (Å²) < 4.78 is 35.5. The van der Waals surface area contributed by atoms with Gasteiger partial charge in [0.1, 0.15) is 10.9 Å². The standard InChI is InChI=1S/C9H17NO5S/c1-6(7(5-10)16(12,13)14)8(11)15-9(2,3)4/h5-7,10H,1-4H3,(H,12,13,14). The first-order chi connectivity index (χ1) is 6.99. The van der Waals surface area contributed by atoms with Gasteiger partial charge in [-0.2, -0.15) is 8.42 Å². The largest absolute Gasteiger partial charge is 0.460 e. The molecule has 0 saturated carbocycles. The Kier molecular flexibility index (Phi) is 4.63. The van der Waals surface area contributed by atoms with Crippen molar-refractivity contribution in [3.8, 4) is 0 Å². The Balaban J connectivity index is 4.85. The summed E-state index contributed by atoms with van der Waals surface area (Å²) in [5.41, 5.74) is -0.739. The molecule has 0 spiro atoms. The molecule has 0 aliphatic carbocycles. The first-order valence-electron chi connectivity index (χ1n) is 4.69. The van der Waals surface area contributed by atoms with Crippen LogP contribution in [-0.2, 0) is 19.6 Å². The number of rotatable bonds is 4. The second kappa shape index (κ2) is 4.92. The van der Waals surface area contributed by atoms with Crippen LogP contribution >= 0.6 is 0 Å². The molecular formula is C9H17NO5S. The quantitative estimate of drug-likeness (QED) is 0.438. The van der Waals surface area contributed by atoms with Crippen molar-refractivity contribution < 1.29 is 22.5 Å². The third-order valence-corrected chi connectivity index (χ3v) is 3.01. The zero-order valence-electron chi connectivity index (χ0n) is 9.72. The normalized spacial score (nSPS) is 16.3. The van der Waals surface area contributed by atoms with E-state index in [-0.39, 0.29) is 0 Å². The van der Waals surface area contributed by atoms with Crippen LogP contribution in [0.4, 0.5) is 0 Å². The summed E-state index contributed by atoms with van der Waals surface area (Å²) in [4.78, 5) is 11.5. The fraction of sp³-hybridized carbons (Fsp3) is 0.778. The molecule has 2 N–H and O–H groups in total. The molecule has 7 heteroatoms. The van der Waals surface area contributed by atoms with E-state index in [0.29, 0.717) is 6.21 Å². The Morgan fingerprint density at radius 3 is 2.12 bits per heavy atom. The number of carbonyl (C=O) groups excluding carboxylic acids is 1. The van der Waals surface area contributed by atoms with Crippen LogP contribution in [0.2, 0.25) is 0 Å². The van der Waals surface area contributed by atoms with Crippen LogP contribution in [0, 0.1) is 11.3 Å². The lowest BCUT2D eigenvalue weighted by Gasteiger charge is -2.23. The second-order valence-electron chi connectivity index (χ2n) is 4.47. The maximum atomic E-state index is 11.5. The summed E-state index contributed by atoms with van der Waals surface area (Å²) in [6.45, 7) is 6.22. The predicted octanol–water partition coefficient (Wildman–Crippen LogP) is 0.870. The minimum atomic E-state index is -4.46. The lowest BCUT2D eigenvalue weighted by molar-refractivity contribution is -0.158. The second-order valence-corrected chi connectivity index (χ2v) is 6.04. The molecule has 0 aliphatic heterocycles. The van der Waals surface area contributed by atoms with Crippen LogP contribution in [0.1, 0.15) is 27.7 Å². The van der Waals surface area contributed by atoms with Crippen LogP contribution in [0.15, 0.2) is 0 Å². The van der Waals surface area contributed by atoms with Gasteiger partial charge in [0, 0.05) is 6.21 Å². The van der Waals surface area contributed by atoms with Gasteiger partial charge in [0.15, 0.2) is 0 Å². The van der Waals surface area contributed by atoms with Crippen molar-refractivity contribution in [2.75, 3.05) is 0 Å². The zero-order valence-corrected chi connectivity index (χ0v) is 10.5. The van der Waals surface area contributed by atoms with Gasteiger partial charge >= 0.3 is 5.97 Å². The van der Waals surface area contributed by atoms with Crippen molar-refractivity contribution in [2.45, 2.75) is 38.5 Å². The van der Waals surface area contributed by atoms with Gasteiger partial charge in [-0.15, -0.1) is 0 Å². The molecule has 0 radical (unpaired) electrons. The molecule has 0 saturated heterocycles. The Bertz CT molecular complexity index is 368. The topological polar surface area (TPSA) is 105 Å². The average Bonchev–Trinajstić information content (AvgIpc) is 1.99. The third-order valence-electron chi connectivity index (χ3n) is 1.78. The third kappa shape index (κ3) is 4.71. The number of hydrogen-bond donors (Lipinski definition) is 2. The molecule has 0 aromatic heterocycles. The summed E-state index contributed by atoms with van der Waals surface area (Å²) in [6, 6.07) is 0. The Morgan fingerprint density at radius 2 is 1.88 bits per heavy atom. The Morgan fingerprint density at radius 1 is 1.44 bits per heavy atom. The number of hydrogen-bond acceptors (Lipinski definition) is 5. The molecule has 0 aromatic rings. The lowest BCUT2D eigenvalue weighted by Crippen LogP contribution is -2.38. The smallest absolute Gasteiger partial charge is 0.310 e. The zero-order chi connectivity index (χ0) is 13.1. The number of esters is 1. The fourth-order valence-electron chi connectivity index (χ4n) is 1.02. The highest BCUT2D eigenvalue weighted by atomic mass is 32.2. The molecule has 0 bridgehead atoms. The van der Waals surface area contributed by atoms with Gasteiger partial charge in [0.05, 0.1) is 5.92 Å². The molecule has 0 heterocycles. The molecule has 16 heavy (non-hydrogen) atoms. The summed E-state index contributed by atoms with van der Waals surface area (Å²) in [7, 11) is -4.46. The van der Waals surface area contributed by atoms with E-state index in [4.69, 9.17) is 14.7 Å². The van der Waals surface area contributed by atoms with Crippen molar-refractivity contribution >= 4 is 22.3 Å². The number of ether oxygens (including phenoxy) is 1. The van der Waals surface area contributed by atoms with Crippen LogP contribution in [-0.4, -0.2) is 36.0 Å². The summed E-state index contributed by atoms with van der Waals surface area (Å²) in [5.74, 6) is -1.88. The van der Waals surface area contributed by atoms with E-state index in [0.717, 1.165) is 0 Å². The van der Waals surface area contributed by atoms with Gasteiger partial charge in [-0.05, 0) is 20.8 Å². The molecule has 6 nitrogen and oxygen atoms in total. The molecule has 0 amide bonds. The van der Waals surface area contributed by atoms with Gasteiger partial charge in [-0.3, -0.25) is 9.35 Å². The van der Waals surface area contributed by atoms with Crippen molar-refractivity contribution in [3.63, 3.8) is 0 Å². The van der Waals surface area contributed by atoms with Crippen molar-refractivity contribution in [3.05, 3.63) is 0 Å². The predicted molar refractivity (Wildman–Crippen MR) is 59.1 cm³/mol. The van der Waals surface area contributed by atoms with E-state index in [1.54, 1.807) is 20.8 Å². The average molecular weight is 251 g/mol. The highest BCUT2D eigenvalue weighted by Crippen LogP contribution is 2.16. The van der Waals surface area contributed by atoms with E-state index >= 15 is 0 Å². The number of carbonyl (C=O) groups is 1. The molecule has 0 fully saturated rings. The van der Waals surface area contributed by atoms with Gasteiger partial charge in [-0.25, -0.2) is 0 Å². The van der Waals surface area contributed by atoms with Gasteiger partial charge in [0.2, 0.25) is 0 Å². The number of nitrogens with one attached hydrogen (secondary N) is 1. The molecule has 0 rings (SSSR count). The summed E-state index contributed by atoms with van der Waals surface area (Å²) in [6.07, 6.45) is 0.518. The Hall–Kier alpha value is -0.950. The highest BCUT2D eigenvalue weighted by Gasteiger charge is 2.34. The van der Waals surface area contributed by atoms with E-state index in [1.807, 2.05) is 0 Å². The van der Waals surface area contributed by atoms with Crippen LogP contribution in [0.5, 0.6) is 0 Å². The first-order valence-corrected chi connectivity index (χ1v) is 6.19. The highest BCUT2D eigenvalue weighted by molar-refractivity contribution is 7.87. The summed E-state index contributed by atoms with van der Waals surface area (Å²) in [5, 5.41) is 5.33. The summed E-state index contributed by atoms with van der Waals surface area (Å²) >= 11 is 0. The van der Waals surface area contributed by atoms with Crippen molar-refractivity contribution in [2.24, 2.45) is 5.92 Å². The molecule has 0 aliphatic rings. The first kappa shape index (κ1) is 15.0. The lowest BCUT2D eigenvalue weighted by atomic mass is 10.1. The van der Waals surface area contributed by atoms with Gasteiger partial charge < -0.3 is 10.1 Å². The maximum Gasteiger partial charge on any atom is 0.310 e. The van der Waals surface area contributed by atoms with Crippen LogP contribution in [0.3, 0.4) is 0 Å². The van der Waals surface area contributed by atoms with E-state index in [2.05, 4.69) is 0 Å². The molecule has 2 atom stereocenters. The molecule has 2 unspecified atom stereocenters. The van der Waals surface area contributed by atoms with Crippen LogP contribution in [0.25, 0.3) is 0 Å². The molecule has 0 aromatic carbocycles. The SMILES string of the molecule is CC(C(=O)OC(C)(C)C)C(C=N)S(=O)(=O)O. The Labute approximate surface area is 95.2 Å². The molecular weight excluding hydrogens is 234 g/mol. The van der Waals surface area contributed by atoms with Crippen molar-refractivity contribution in [1.29, 1.82) is 5.41 Å². The maximum absolute atomic E-state index is 11.5. The molecule has 94 valence electrons. The van der Waals surface area contributed by atoms with E-state index in [1.165, 1.54) is 6.92 Å². The van der Waals surface area contributed by atoms with E-state index < -0.39 is 32.9 Å². The van der Waals surface area contributed by atoms with E-state index in [9.17, 15) is 13.2 Å². The van der Waals surface area contributed by atoms with Gasteiger partial charge in [-0.1, -0.05) is 6.92 Å². The van der Waals surface area contributed by atoms with Crippen LogP contribution < -0.4 is 0 Å². The fourth-order valence-corrected chi connectivity index (χ4v) is 1.82.